The van der Waals surface area contributed by atoms with Gasteiger partial charge in [-0.1, -0.05) is 0 Å². The number of aryl methyl sites for hydroxylation is 1. The third kappa shape index (κ3) is 5.80. The van der Waals surface area contributed by atoms with Crippen molar-refractivity contribution in [1.29, 1.82) is 0 Å². The molecule has 22 heavy (non-hydrogen) atoms. The molecule has 0 radical (unpaired) electrons. The molecule has 0 aliphatic heterocycles. The third-order valence-corrected chi connectivity index (χ3v) is 2.11. The van der Waals surface area contributed by atoms with Crippen LogP contribution >= 0.6 is 11.6 Å². The maximum atomic E-state index is 12.0. The van der Waals surface area contributed by atoms with Crippen molar-refractivity contribution in [3.8, 4) is 0 Å². The number of hydrogen-bond donors (Lipinski definition) is 0. The minimum absolute atomic E-state index is 0.197. The molecule has 4 nitrogen and oxygen atoms in total. The van der Waals surface area contributed by atoms with Crippen molar-refractivity contribution in [3.63, 3.8) is 0 Å². The minimum Gasteiger partial charge on any atom is -0.233 e. The van der Waals surface area contributed by atoms with Crippen LogP contribution in [0.4, 0.5) is 26.3 Å². The van der Waals surface area contributed by atoms with Gasteiger partial charge in [0.15, 0.2) is 0 Å². The molecule has 0 spiro atoms. The number of rotatable bonds is 0. The highest BCUT2D eigenvalue weighted by Gasteiger charge is 2.34. The fraction of sp³-hybridized carbons (Fsp3) is 0.273. The molecule has 0 atom stereocenters. The first-order valence-corrected chi connectivity index (χ1v) is 5.80. The molecule has 0 aliphatic rings. The third-order valence-electron chi connectivity index (χ3n) is 1.94. The van der Waals surface area contributed by atoms with Crippen molar-refractivity contribution < 1.29 is 26.3 Å². The van der Waals surface area contributed by atoms with Gasteiger partial charge in [-0.3, -0.25) is 0 Å². The second-order valence-corrected chi connectivity index (χ2v) is 4.07. The fourth-order valence-electron chi connectivity index (χ4n) is 1.12. The van der Waals surface area contributed by atoms with Gasteiger partial charge in [0.2, 0.25) is 11.1 Å². The standard InChI is InChI=1S/C6H4ClF3N2.C5H3F3N2/c1-3-2-4(6(8,9)10)12-5(7)11-3;6-5(7,8)4-9-2-1-3-10-4/h2H,1H3;1-3H. The monoisotopic (exact) mass is 344 g/mol. The number of hydrogen-bond acceptors (Lipinski definition) is 4. The second-order valence-electron chi connectivity index (χ2n) is 3.73. The molecule has 0 saturated carbocycles. The maximum absolute atomic E-state index is 12.0. The average molecular weight is 345 g/mol. The van der Waals surface area contributed by atoms with Gasteiger partial charge in [0.1, 0.15) is 5.69 Å². The summed E-state index contributed by atoms with van der Waals surface area (Å²) in [4.78, 5) is 12.6. The quantitative estimate of drug-likeness (QED) is 0.536. The van der Waals surface area contributed by atoms with Gasteiger partial charge >= 0.3 is 12.4 Å². The van der Waals surface area contributed by atoms with Crippen molar-refractivity contribution in [1.82, 2.24) is 19.9 Å². The average Bonchev–Trinajstić information content (AvgIpc) is 2.37. The lowest BCUT2D eigenvalue weighted by Crippen LogP contribution is -2.09. The molecule has 0 aliphatic carbocycles. The first-order chi connectivity index (χ1) is 10.00. The van der Waals surface area contributed by atoms with E-state index in [-0.39, 0.29) is 11.0 Å². The lowest BCUT2D eigenvalue weighted by molar-refractivity contribution is -0.145. The summed E-state index contributed by atoms with van der Waals surface area (Å²) in [6.07, 6.45) is -6.79. The molecule has 0 saturated heterocycles. The van der Waals surface area contributed by atoms with E-state index >= 15 is 0 Å². The summed E-state index contributed by atoms with van der Waals surface area (Å²) in [5, 5.41) is -0.387. The van der Waals surface area contributed by atoms with Crippen LogP contribution in [-0.4, -0.2) is 19.9 Å². The zero-order chi connectivity index (χ0) is 17.0. The Hall–Kier alpha value is -1.97. The molecular formula is C11H7ClF6N4. The van der Waals surface area contributed by atoms with E-state index < -0.39 is 23.9 Å². The van der Waals surface area contributed by atoms with Crippen molar-refractivity contribution >= 4 is 11.6 Å². The molecule has 0 fully saturated rings. The summed E-state index contributed by atoms with van der Waals surface area (Å²) in [6, 6.07) is 2.17. The van der Waals surface area contributed by atoms with Crippen molar-refractivity contribution in [2.24, 2.45) is 0 Å². The van der Waals surface area contributed by atoms with Crippen LogP contribution in [0, 0.1) is 6.92 Å². The first kappa shape index (κ1) is 18.1. The molecular weight excluding hydrogens is 338 g/mol. The van der Waals surface area contributed by atoms with Crippen LogP contribution in [0.25, 0.3) is 0 Å². The zero-order valence-corrected chi connectivity index (χ0v) is 11.5. The lowest BCUT2D eigenvalue weighted by atomic mass is 10.3. The Morgan fingerprint density at radius 3 is 1.82 bits per heavy atom. The van der Waals surface area contributed by atoms with E-state index in [2.05, 4.69) is 19.9 Å². The van der Waals surface area contributed by atoms with Crippen molar-refractivity contribution in [3.05, 3.63) is 47.0 Å². The Morgan fingerprint density at radius 2 is 1.45 bits per heavy atom. The summed E-state index contributed by atoms with van der Waals surface area (Å²) in [6.45, 7) is 1.42. The van der Waals surface area contributed by atoms with Gasteiger partial charge in [-0.15, -0.1) is 0 Å². The van der Waals surface area contributed by atoms with E-state index in [1.165, 1.54) is 13.0 Å². The number of alkyl halides is 6. The smallest absolute Gasteiger partial charge is 0.233 e. The Morgan fingerprint density at radius 1 is 0.909 bits per heavy atom. The van der Waals surface area contributed by atoms with Crippen LogP contribution in [0.2, 0.25) is 5.28 Å². The predicted octanol–water partition coefficient (Wildman–Crippen LogP) is 3.95. The van der Waals surface area contributed by atoms with Crippen LogP contribution in [0.5, 0.6) is 0 Å². The fourth-order valence-corrected chi connectivity index (χ4v) is 1.35. The van der Waals surface area contributed by atoms with Crippen LogP contribution in [0.15, 0.2) is 24.5 Å². The second kappa shape index (κ2) is 6.86. The summed E-state index contributed by atoms with van der Waals surface area (Å²) < 4.78 is 71.0. The predicted molar refractivity (Wildman–Crippen MR) is 63.8 cm³/mol. The molecule has 11 heteroatoms. The van der Waals surface area contributed by atoms with Gasteiger partial charge in [0, 0.05) is 18.1 Å². The molecule has 2 aromatic rings. The van der Waals surface area contributed by atoms with Crippen molar-refractivity contribution in [2.45, 2.75) is 19.3 Å². The normalized spacial score (nSPS) is 11.6. The van der Waals surface area contributed by atoms with Crippen LogP contribution in [-0.2, 0) is 12.4 Å². The van der Waals surface area contributed by atoms with Gasteiger partial charge in [0.05, 0.1) is 0 Å². The number of halogens is 7. The Labute approximate surface area is 125 Å². The van der Waals surface area contributed by atoms with Crippen LogP contribution in [0.3, 0.4) is 0 Å². The summed E-state index contributed by atoms with van der Waals surface area (Å²) >= 11 is 5.23. The Bertz CT molecular complexity index is 594. The first-order valence-electron chi connectivity index (χ1n) is 5.42. The topological polar surface area (TPSA) is 51.6 Å². The highest BCUT2D eigenvalue weighted by molar-refractivity contribution is 6.28. The minimum atomic E-state index is -4.46. The van der Waals surface area contributed by atoms with E-state index in [1.807, 2.05) is 0 Å². The molecule has 0 bridgehead atoms. The molecule has 120 valence electrons. The van der Waals surface area contributed by atoms with Gasteiger partial charge < -0.3 is 0 Å². The van der Waals surface area contributed by atoms with Crippen LogP contribution in [0.1, 0.15) is 17.2 Å². The molecule has 0 amide bonds. The summed E-state index contributed by atoms with van der Waals surface area (Å²) in [7, 11) is 0. The van der Waals surface area contributed by atoms with E-state index in [4.69, 9.17) is 11.6 Å². The molecule has 0 unspecified atom stereocenters. The number of aromatic nitrogens is 4. The Balaban J connectivity index is 0.000000224. The molecule has 2 heterocycles. The van der Waals surface area contributed by atoms with Crippen molar-refractivity contribution in [2.75, 3.05) is 0 Å². The van der Waals surface area contributed by atoms with Gasteiger partial charge in [-0.25, -0.2) is 19.9 Å². The lowest BCUT2D eigenvalue weighted by Gasteiger charge is -2.05. The highest BCUT2D eigenvalue weighted by Crippen LogP contribution is 2.28. The Kier molecular flexibility index (Phi) is 5.64. The zero-order valence-electron chi connectivity index (χ0n) is 10.7. The van der Waals surface area contributed by atoms with Crippen LogP contribution < -0.4 is 0 Å². The van der Waals surface area contributed by atoms with Gasteiger partial charge in [-0.05, 0) is 30.7 Å². The summed E-state index contributed by atoms with van der Waals surface area (Å²) in [5.41, 5.74) is -0.817. The molecule has 2 aromatic heterocycles. The van der Waals surface area contributed by atoms with E-state index in [9.17, 15) is 26.3 Å². The van der Waals surface area contributed by atoms with E-state index in [1.54, 1.807) is 0 Å². The maximum Gasteiger partial charge on any atom is 0.451 e. The van der Waals surface area contributed by atoms with Gasteiger partial charge in [-0.2, -0.15) is 26.3 Å². The van der Waals surface area contributed by atoms with E-state index in [0.29, 0.717) is 0 Å². The number of nitrogens with zero attached hydrogens (tertiary/aromatic N) is 4. The highest BCUT2D eigenvalue weighted by atomic mass is 35.5. The van der Waals surface area contributed by atoms with Gasteiger partial charge in [0.25, 0.3) is 0 Å². The largest absolute Gasteiger partial charge is 0.451 e. The molecule has 2 rings (SSSR count). The molecule has 0 N–H and O–H groups in total. The van der Waals surface area contributed by atoms with E-state index in [0.717, 1.165) is 18.5 Å². The molecule has 0 aromatic carbocycles. The summed E-state index contributed by atoms with van der Waals surface area (Å²) in [5.74, 6) is -1.10. The SMILES string of the molecule is Cc1cc(C(F)(F)F)nc(Cl)n1.FC(F)(F)c1ncccn1.